The molecule has 0 amide bonds. The summed E-state index contributed by atoms with van der Waals surface area (Å²) in [6.07, 6.45) is 0. The minimum Gasteiger partial charge on any atom is -0.357 e. The second kappa shape index (κ2) is 14.8. The molecule has 0 fully saturated rings. The van der Waals surface area contributed by atoms with E-state index in [4.69, 9.17) is 39.9 Å². The minimum atomic E-state index is -0.765. The van der Waals surface area contributed by atoms with Crippen molar-refractivity contribution >= 4 is 88.3 Å². The monoisotopic (exact) mass is 1020 g/mol. The van der Waals surface area contributed by atoms with Crippen molar-refractivity contribution in [1.29, 1.82) is 0 Å². The average molecular weight is 1020 g/mol. The van der Waals surface area contributed by atoms with Crippen molar-refractivity contribution in [3.05, 3.63) is 131 Å². The van der Waals surface area contributed by atoms with Crippen LogP contribution in [0, 0.1) is 0 Å². The van der Waals surface area contributed by atoms with E-state index in [0.717, 1.165) is 0 Å². The van der Waals surface area contributed by atoms with Crippen LogP contribution in [0.5, 0.6) is 0 Å². The molecule has 0 aliphatic carbocycles. The van der Waals surface area contributed by atoms with E-state index in [-0.39, 0.29) is 63.0 Å². The number of hydrogen-bond donors (Lipinski definition) is 0. The number of benzene rings is 4. The first-order valence-corrected chi connectivity index (χ1v) is 22.0. The Bertz CT molecular complexity index is 4600. The van der Waals surface area contributed by atoms with E-state index in [2.05, 4.69) is 0 Å². The maximum absolute atomic E-state index is 13.2. The van der Waals surface area contributed by atoms with Gasteiger partial charge in [-0.25, -0.2) is 9.97 Å². The second-order valence-corrected chi connectivity index (χ2v) is 17.9. The molecule has 7 aromatic heterocycles. The zero-order valence-corrected chi connectivity index (χ0v) is 40.3. The Morgan fingerprint density at radius 3 is 0.616 bits per heavy atom. The first-order valence-electron chi connectivity index (χ1n) is 22.0. The quantitative estimate of drug-likeness (QED) is 0.146. The molecule has 363 valence electrons. The summed E-state index contributed by atoms with van der Waals surface area (Å²) < 4.78 is 9.88. The fourth-order valence-electron chi connectivity index (χ4n) is 9.93. The summed E-state index contributed by atoms with van der Waals surface area (Å²) >= 11 is 0. The van der Waals surface area contributed by atoms with Crippen LogP contribution in [0.2, 0.25) is 0 Å². The van der Waals surface area contributed by atoms with E-state index in [1.54, 1.807) is 48.5 Å². The Kier molecular flexibility index (Phi) is 9.05. The number of nitrogens with zero attached hydrogens (tertiary/aromatic N) is 16. The van der Waals surface area contributed by atoms with Gasteiger partial charge < -0.3 is 66.4 Å². The van der Waals surface area contributed by atoms with E-state index in [1.807, 2.05) is 0 Å². The normalized spacial score (nSPS) is 12.2. The Balaban J connectivity index is 0.00000543. The van der Waals surface area contributed by atoms with Crippen molar-refractivity contribution in [1.82, 2.24) is 76.4 Å². The van der Waals surface area contributed by atoms with Crippen LogP contribution in [0.3, 0.4) is 0 Å². The molecule has 13 rings (SSSR count). The zero-order chi connectivity index (χ0) is 50.4. The predicted molar refractivity (Wildman–Crippen MR) is 266 cm³/mol. The van der Waals surface area contributed by atoms with E-state index in [0.29, 0.717) is 87.9 Å². The van der Waals surface area contributed by atoms with Gasteiger partial charge >= 0.3 is 61.5 Å². The van der Waals surface area contributed by atoms with E-state index in [9.17, 15) is 38.4 Å². The molecule has 0 atom stereocenters. The summed E-state index contributed by atoms with van der Waals surface area (Å²) in [5.74, 6) is 0.334. The first-order chi connectivity index (χ1) is 34.3. The number of fused-ring (bicyclic) bond motifs is 24. The van der Waals surface area contributed by atoms with Gasteiger partial charge in [0, 0.05) is 101 Å². The van der Waals surface area contributed by atoms with E-state index >= 15 is 0 Å². The van der Waals surface area contributed by atoms with Crippen molar-refractivity contribution in [2.75, 3.05) is 0 Å². The van der Waals surface area contributed by atoms with Crippen molar-refractivity contribution in [2.45, 2.75) is 0 Å². The molecule has 0 saturated heterocycles. The van der Waals surface area contributed by atoms with E-state index in [1.165, 1.54) is 92.9 Å². The maximum atomic E-state index is 13.2. The van der Waals surface area contributed by atoms with E-state index < -0.39 is 44.5 Å². The van der Waals surface area contributed by atoms with Gasteiger partial charge in [0.25, 0.3) is 0 Å². The Hall–Kier alpha value is -9.48. The minimum absolute atomic E-state index is 0. The summed E-state index contributed by atoms with van der Waals surface area (Å²) in [4.78, 5) is 146. The molecule has 4 aromatic carbocycles. The summed E-state index contributed by atoms with van der Waals surface area (Å²) in [6.45, 7) is 0. The molecule has 11 aromatic rings. The first kappa shape index (κ1) is 44.7. The molecule has 9 heterocycles. The topological polar surface area (TPSA) is 282 Å². The van der Waals surface area contributed by atoms with Crippen LogP contribution in [0.15, 0.2) is 86.9 Å². The van der Waals surface area contributed by atoms with Crippen LogP contribution in [0.4, 0.5) is 0 Å². The molecular formula is C48H32CuN16O8. The summed E-state index contributed by atoms with van der Waals surface area (Å²) in [6, 6.07) is 13.4. The maximum Gasteiger partial charge on any atom is 2.00 e. The Morgan fingerprint density at radius 1 is 0.274 bits per heavy atom. The standard InChI is InChI=1S/C48H32N16O8.Cu/c1-57-25-9-17-18(10-26(25)58(2)42(66)41(57)65)34-49-33(17)53-35-19-11-27-28(60(4)44(68)43(67)59(27)3)12-20(19)37(50-35)55-39-23-15-31-32(64(8)48(72)47(71)63(31)7)16-24(23)40(52-39)56-38-22-14-30-29(13-21(22)36(51-38)54-34)61(5)45(69)46(70)62(30)6;/h9-16H,1-8H3;/q-2;+2. The number of rotatable bonds is 0. The third-order valence-electron chi connectivity index (χ3n) is 14.1. The third kappa shape index (κ3) is 5.81. The van der Waals surface area contributed by atoms with Crippen molar-refractivity contribution < 1.29 is 17.1 Å². The molecule has 0 N–H and O–H groups in total. The Labute approximate surface area is 413 Å². The van der Waals surface area contributed by atoms with Crippen LogP contribution in [0.1, 0.15) is 0 Å². The summed E-state index contributed by atoms with van der Waals surface area (Å²) in [7, 11) is 11.9. The SMILES string of the molecule is Cn1c(=O)c(=O)n(C)c2cc3c(cc21)-c1nc-3nc2[n-]c(nc3nc(nc4[n-]c(n1)c1cc5c(cc41)n(C)c(=O)c(=O)n5C)-c1cc4c(cc1-3)n(C)c(=O)c(=O)n4C)c1cc3c(cc21)n(C)c(=O)c(=O)n3C.[Cu+2]. The van der Waals surface area contributed by atoms with Crippen LogP contribution in [-0.2, 0) is 73.5 Å². The molecule has 8 bridgehead atoms. The van der Waals surface area contributed by atoms with Gasteiger partial charge in [0.15, 0.2) is 0 Å². The fraction of sp³-hybridized carbons (Fsp3) is 0.167. The van der Waals surface area contributed by atoms with Crippen molar-refractivity contribution in [3.8, 4) is 45.6 Å². The smallest absolute Gasteiger partial charge is 0.357 e. The summed E-state index contributed by atoms with van der Waals surface area (Å²) in [5, 5.41) is 1.58. The molecule has 0 saturated carbocycles. The van der Waals surface area contributed by atoms with Gasteiger partial charge in [0.1, 0.15) is 0 Å². The number of aryl methyl sites for hydroxylation is 8. The molecule has 2 aliphatic heterocycles. The van der Waals surface area contributed by atoms with Gasteiger partial charge in [-0.1, -0.05) is 0 Å². The zero-order valence-electron chi connectivity index (χ0n) is 39.3. The molecule has 24 nitrogen and oxygen atoms in total. The van der Waals surface area contributed by atoms with Gasteiger partial charge in [0.05, 0.1) is 67.4 Å². The van der Waals surface area contributed by atoms with Crippen LogP contribution >= 0.6 is 0 Å². The van der Waals surface area contributed by atoms with Crippen molar-refractivity contribution in [2.24, 2.45) is 56.4 Å². The predicted octanol–water partition coefficient (Wildman–Crippen LogP) is 0.327. The third-order valence-corrected chi connectivity index (χ3v) is 14.1. The largest absolute Gasteiger partial charge is 2.00 e. The van der Waals surface area contributed by atoms with Crippen LogP contribution in [0.25, 0.3) is 134 Å². The Morgan fingerprint density at radius 2 is 0.438 bits per heavy atom. The number of aromatic nitrogens is 16. The van der Waals surface area contributed by atoms with Gasteiger partial charge in [-0.15, -0.1) is 0 Å². The molecule has 0 unspecified atom stereocenters. The summed E-state index contributed by atoms with van der Waals surface area (Å²) in [5.41, 5.74) is -1.21. The molecule has 1 radical (unpaired) electrons. The molecule has 73 heavy (non-hydrogen) atoms. The molecule has 25 heteroatoms. The van der Waals surface area contributed by atoms with Gasteiger partial charge in [-0.05, 0) is 70.1 Å². The molecular weight excluding hydrogens is 992 g/mol. The van der Waals surface area contributed by atoms with Gasteiger partial charge in [-0.3, -0.25) is 38.4 Å². The molecule has 2 aliphatic rings. The van der Waals surface area contributed by atoms with Crippen LogP contribution in [-0.4, -0.2) is 66.4 Å². The molecule has 0 spiro atoms. The number of hydrogen-bond acceptors (Lipinski definition) is 14. The van der Waals surface area contributed by atoms with Crippen LogP contribution < -0.4 is 54.4 Å². The van der Waals surface area contributed by atoms with Crippen molar-refractivity contribution in [3.63, 3.8) is 0 Å². The second-order valence-electron chi connectivity index (χ2n) is 17.9. The fourth-order valence-corrected chi connectivity index (χ4v) is 9.93. The average Bonchev–Trinajstić information content (AvgIpc) is 4.11. The van der Waals surface area contributed by atoms with Gasteiger partial charge in [0.2, 0.25) is 0 Å². The van der Waals surface area contributed by atoms with Gasteiger partial charge in [-0.2, -0.15) is 0 Å².